The van der Waals surface area contributed by atoms with Gasteiger partial charge in [-0.25, -0.2) is 0 Å². The summed E-state index contributed by atoms with van der Waals surface area (Å²) in [6.45, 7) is 2.07. The number of aliphatic hydroxyl groups excluding tert-OH is 1. The van der Waals surface area contributed by atoms with E-state index in [1.165, 1.54) is 0 Å². The number of rotatable bonds is 3. The maximum absolute atomic E-state index is 12.3. The summed E-state index contributed by atoms with van der Waals surface area (Å²) in [5.74, 6) is 0.0373. The van der Waals surface area contributed by atoms with Crippen LogP contribution in [-0.4, -0.2) is 23.7 Å². The Morgan fingerprint density at radius 2 is 2.16 bits per heavy atom. The van der Waals surface area contributed by atoms with Crippen molar-refractivity contribution in [1.29, 1.82) is 0 Å². The fourth-order valence-electron chi connectivity index (χ4n) is 2.73. The summed E-state index contributed by atoms with van der Waals surface area (Å²) in [4.78, 5) is 12.3. The van der Waals surface area contributed by atoms with Gasteiger partial charge in [0, 0.05) is 24.3 Å². The van der Waals surface area contributed by atoms with Crippen molar-refractivity contribution in [2.45, 2.75) is 38.6 Å². The molecule has 2 atom stereocenters. The third-order valence-electron chi connectivity index (χ3n) is 3.91. The van der Waals surface area contributed by atoms with Crippen molar-refractivity contribution in [1.82, 2.24) is 5.32 Å². The number of amides is 1. The van der Waals surface area contributed by atoms with Crippen LogP contribution in [0, 0.1) is 12.8 Å². The molecule has 0 heterocycles. The van der Waals surface area contributed by atoms with Gasteiger partial charge >= 0.3 is 0 Å². The molecular formula is C15H22N2O2. The highest BCUT2D eigenvalue weighted by atomic mass is 16.3. The Morgan fingerprint density at radius 1 is 1.42 bits per heavy atom. The Labute approximate surface area is 114 Å². The summed E-state index contributed by atoms with van der Waals surface area (Å²) >= 11 is 0. The van der Waals surface area contributed by atoms with Gasteiger partial charge in [-0.05, 0) is 31.9 Å². The molecular weight excluding hydrogens is 240 g/mol. The lowest BCUT2D eigenvalue weighted by atomic mass is 9.85. The van der Waals surface area contributed by atoms with Crippen molar-refractivity contribution in [2.75, 3.05) is 12.3 Å². The predicted molar refractivity (Wildman–Crippen MR) is 75.9 cm³/mol. The van der Waals surface area contributed by atoms with Crippen molar-refractivity contribution < 1.29 is 9.90 Å². The molecule has 2 unspecified atom stereocenters. The molecule has 19 heavy (non-hydrogen) atoms. The van der Waals surface area contributed by atoms with Crippen LogP contribution in [0.15, 0.2) is 18.2 Å². The van der Waals surface area contributed by atoms with Crippen molar-refractivity contribution >= 4 is 11.6 Å². The van der Waals surface area contributed by atoms with Gasteiger partial charge in [-0.1, -0.05) is 24.5 Å². The summed E-state index contributed by atoms with van der Waals surface area (Å²) in [6.07, 6.45) is 4.14. The molecule has 1 fully saturated rings. The van der Waals surface area contributed by atoms with E-state index in [0.717, 1.165) is 31.2 Å². The predicted octanol–water partition coefficient (Wildman–Crippen LogP) is 1.86. The number of anilines is 1. The van der Waals surface area contributed by atoms with E-state index >= 15 is 0 Å². The Bertz CT molecular complexity index is 459. The third kappa shape index (κ3) is 3.26. The fourth-order valence-corrected chi connectivity index (χ4v) is 2.73. The van der Waals surface area contributed by atoms with Crippen molar-refractivity contribution in [3.05, 3.63) is 29.3 Å². The zero-order chi connectivity index (χ0) is 13.8. The van der Waals surface area contributed by atoms with Crippen LogP contribution in [0.25, 0.3) is 0 Å². The maximum atomic E-state index is 12.3. The number of hydrogen-bond acceptors (Lipinski definition) is 3. The molecule has 4 heteroatoms. The quantitative estimate of drug-likeness (QED) is 0.728. The highest BCUT2D eigenvalue weighted by Crippen LogP contribution is 2.24. The van der Waals surface area contributed by atoms with E-state index in [4.69, 9.17) is 5.73 Å². The molecule has 0 bridgehead atoms. The molecule has 1 aliphatic carbocycles. The molecule has 2 rings (SSSR count). The minimum Gasteiger partial charge on any atom is -0.398 e. The van der Waals surface area contributed by atoms with Crippen molar-refractivity contribution in [3.63, 3.8) is 0 Å². The molecule has 0 aliphatic heterocycles. The van der Waals surface area contributed by atoms with Gasteiger partial charge in [-0.15, -0.1) is 0 Å². The molecule has 1 aromatic carbocycles. The van der Waals surface area contributed by atoms with Crippen LogP contribution in [0.3, 0.4) is 0 Å². The van der Waals surface area contributed by atoms with Crippen LogP contribution in [-0.2, 0) is 0 Å². The van der Waals surface area contributed by atoms with Crippen molar-refractivity contribution in [3.8, 4) is 0 Å². The largest absolute Gasteiger partial charge is 0.398 e. The zero-order valence-electron chi connectivity index (χ0n) is 11.4. The molecule has 1 aromatic rings. The van der Waals surface area contributed by atoms with Crippen LogP contribution in [0.1, 0.15) is 41.6 Å². The lowest BCUT2D eigenvalue weighted by molar-refractivity contribution is 0.0873. The first-order valence-corrected chi connectivity index (χ1v) is 6.89. The maximum Gasteiger partial charge on any atom is 0.253 e. The molecule has 104 valence electrons. The minimum atomic E-state index is -0.133. The average molecular weight is 262 g/mol. The van der Waals surface area contributed by atoms with E-state index in [9.17, 15) is 9.90 Å². The summed E-state index contributed by atoms with van der Waals surface area (Å²) in [5.41, 5.74) is 7.90. The Kier molecular flexibility index (Phi) is 4.43. The number of carbonyl (C=O) groups excluding carboxylic acids is 1. The number of nitrogens with two attached hydrogens (primary N) is 1. The van der Waals surface area contributed by atoms with Crippen LogP contribution in [0.5, 0.6) is 0 Å². The molecule has 0 spiro atoms. The molecule has 4 nitrogen and oxygen atoms in total. The number of nitrogens with one attached hydrogen (secondary N) is 1. The van der Waals surface area contributed by atoms with Gasteiger partial charge in [-0.3, -0.25) is 4.79 Å². The summed E-state index contributed by atoms with van der Waals surface area (Å²) in [7, 11) is 0. The van der Waals surface area contributed by atoms with E-state index in [1.807, 2.05) is 13.0 Å². The van der Waals surface area contributed by atoms with Gasteiger partial charge in [-0.2, -0.15) is 0 Å². The second-order valence-corrected chi connectivity index (χ2v) is 5.40. The Hall–Kier alpha value is -1.55. The molecule has 1 aliphatic rings. The number of aliphatic hydroxyl groups is 1. The van der Waals surface area contributed by atoms with Crippen molar-refractivity contribution in [2.24, 2.45) is 5.92 Å². The number of nitrogen functional groups attached to an aromatic ring is 1. The molecule has 0 saturated heterocycles. The van der Waals surface area contributed by atoms with Crippen LogP contribution in [0.2, 0.25) is 0 Å². The first-order valence-electron chi connectivity index (χ1n) is 6.89. The Balaban J connectivity index is 2.09. The number of hydrogen-bond donors (Lipinski definition) is 3. The normalized spacial score (nSPS) is 23.1. The number of aryl methyl sites for hydroxylation is 1. The summed E-state index contributed by atoms with van der Waals surface area (Å²) < 4.78 is 0. The van der Waals surface area contributed by atoms with Crippen LogP contribution >= 0.6 is 0 Å². The highest BCUT2D eigenvalue weighted by Gasteiger charge is 2.26. The summed E-state index contributed by atoms with van der Waals surface area (Å²) in [6, 6.07) is 5.52. The topological polar surface area (TPSA) is 75.4 Å². The minimum absolute atomic E-state index is 0.0613. The fraction of sp³-hybridized carbons (Fsp3) is 0.533. The zero-order valence-corrected chi connectivity index (χ0v) is 11.4. The highest BCUT2D eigenvalue weighted by molar-refractivity contribution is 5.99. The first kappa shape index (κ1) is 13.9. The number of carbonyl (C=O) groups is 1. The molecule has 1 amide bonds. The van der Waals surface area contributed by atoms with Gasteiger partial charge in [0.25, 0.3) is 5.91 Å². The van der Waals surface area contributed by atoms with E-state index in [1.54, 1.807) is 12.1 Å². The standard InChI is InChI=1S/C15H22N2O2/c1-10-6-7-13(16)12(8-10)15(19)17-14-5-3-2-4-11(14)9-18/h6-8,11,14,18H,2-5,9,16H2,1H3,(H,17,19). The molecule has 1 saturated carbocycles. The van der Waals surface area contributed by atoms with Gasteiger partial charge in [0.15, 0.2) is 0 Å². The van der Waals surface area contributed by atoms with E-state index in [-0.39, 0.29) is 24.5 Å². The smallest absolute Gasteiger partial charge is 0.253 e. The van der Waals surface area contributed by atoms with Gasteiger partial charge in [0.05, 0.1) is 5.56 Å². The molecule has 0 aromatic heterocycles. The lowest BCUT2D eigenvalue weighted by Gasteiger charge is -2.31. The van der Waals surface area contributed by atoms with Crippen LogP contribution < -0.4 is 11.1 Å². The van der Waals surface area contributed by atoms with E-state index in [2.05, 4.69) is 5.32 Å². The van der Waals surface area contributed by atoms with E-state index in [0.29, 0.717) is 11.3 Å². The third-order valence-corrected chi connectivity index (χ3v) is 3.91. The second kappa shape index (κ2) is 6.06. The number of benzene rings is 1. The van der Waals surface area contributed by atoms with Crippen LogP contribution in [0.4, 0.5) is 5.69 Å². The first-order chi connectivity index (χ1) is 9.11. The molecule has 4 N–H and O–H groups in total. The summed E-state index contributed by atoms with van der Waals surface area (Å²) in [5, 5.41) is 12.4. The second-order valence-electron chi connectivity index (χ2n) is 5.40. The Morgan fingerprint density at radius 3 is 2.89 bits per heavy atom. The molecule has 0 radical (unpaired) electrons. The lowest BCUT2D eigenvalue weighted by Crippen LogP contribution is -2.43. The SMILES string of the molecule is Cc1ccc(N)c(C(=O)NC2CCCCC2CO)c1. The average Bonchev–Trinajstić information content (AvgIpc) is 2.42. The van der Waals surface area contributed by atoms with Gasteiger partial charge < -0.3 is 16.2 Å². The monoisotopic (exact) mass is 262 g/mol. The van der Waals surface area contributed by atoms with E-state index < -0.39 is 0 Å². The van der Waals surface area contributed by atoms with Gasteiger partial charge in [0.1, 0.15) is 0 Å². The van der Waals surface area contributed by atoms with Gasteiger partial charge in [0.2, 0.25) is 0 Å².